The van der Waals surface area contributed by atoms with Gasteiger partial charge in [0.25, 0.3) is 0 Å². The lowest BCUT2D eigenvalue weighted by Crippen LogP contribution is -2.45. The van der Waals surface area contributed by atoms with Crippen molar-refractivity contribution in [3.63, 3.8) is 0 Å². The minimum atomic E-state index is 0.819. The highest BCUT2D eigenvalue weighted by Gasteiger charge is 2.27. The number of morpholine rings is 1. The molecule has 2 aliphatic rings. The Morgan fingerprint density at radius 2 is 2.00 bits per heavy atom. The highest BCUT2D eigenvalue weighted by Crippen LogP contribution is 2.29. The SMILES string of the molecule is NCCC1CCCC(N2CCOCC2)C1. The highest BCUT2D eigenvalue weighted by atomic mass is 16.5. The normalized spacial score (nSPS) is 34.2. The topological polar surface area (TPSA) is 38.5 Å². The molecule has 2 fully saturated rings. The molecule has 3 nitrogen and oxygen atoms in total. The quantitative estimate of drug-likeness (QED) is 0.764. The fraction of sp³-hybridized carbons (Fsp3) is 1.00. The van der Waals surface area contributed by atoms with E-state index in [9.17, 15) is 0 Å². The van der Waals surface area contributed by atoms with Crippen molar-refractivity contribution in [2.75, 3.05) is 32.8 Å². The maximum atomic E-state index is 5.65. The number of hydrogen-bond acceptors (Lipinski definition) is 3. The first-order valence-electron chi connectivity index (χ1n) is 6.42. The Morgan fingerprint density at radius 3 is 2.73 bits per heavy atom. The Balaban J connectivity index is 1.80. The third-order valence-electron chi connectivity index (χ3n) is 3.89. The Bertz CT molecular complexity index is 178. The zero-order valence-electron chi connectivity index (χ0n) is 9.66. The van der Waals surface area contributed by atoms with Crippen LogP contribution in [-0.2, 0) is 4.74 Å². The minimum absolute atomic E-state index is 0.819. The van der Waals surface area contributed by atoms with Crippen molar-refractivity contribution < 1.29 is 4.74 Å². The number of nitrogens with two attached hydrogens (primary N) is 1. The lowest BCUT2D eigenvalue weighted by molar-refractivity contribution is 0.00261. The van der Waals surface area contributed by atoms with Gasteiger partial charge >= 0.3 is 0 Å². The second-order valence-electron chi connectivity index (χ2n) is 4.91. The zero-order valence-corrected chi connectivity index (χ0v) is 9.66. The Morgan fingerprint density at radius 1 is 1.20 bits per heavy atom. The lowest BCUT2D eigenvalue weighted by atomic mass is 9.83. The van der Waals surface area contributed by atoms with Gasteiger partial charge in [0, 0.05) is 19.1 Å². The van der Waals surface area contributed by atoms with Gasteiger partial charge in [0.2, 0.25) is 0 Å². The fourth-order valence-corrected chi connectivity index (χ4v) is 3.03. The number of nitrogens with zero attached hydrogens (tertiary/aromatic N) is 1. The van der Waals surface area contributed by atoms with E-state index in [0.29, 0.717) is 0 Å². The van der Waals surface area contributed by atoms with E-state index in [1.54, 1.807) is 0 Å². The van der Waals surface area contributed by atoms with E-state index in [1.165, 1.54) is 32.1 Å². The molecule has 1 heterocycles. The summed E-state index contributed by atoms with van der Waals surface area (Å²) < 4.78 is 5.40. The summed E-state index contributed by atoms with van der Waals surface area (Å²) in [7, 11) is 0. The van der Waals surface area contributed by atoms with Crippen LogP contribution in [0, 0.1) is 5.92 Å². The summed E-state index contributed by atoms with van der Waals surface area (Å²) in [6, 6.07) is 0.819. The molecule has 0 spiro atoms. The highest BCUT2D eigenvalue weighted by molar-refractivity contribution is 4.81. The van der Waals surface area contributed by atoms with E-state index in [2.05, 4.69) is 4.90 Å². The van der Waals surface area contributed by atoms with Crippen LogP contribution < -0.4 is 5.73 Å². The van der Waals surface area contributed by atoms with Gasteiger partial charge in [-0.25, -0.2) is 0 Å². The van der Waals surface area contributed by atoms with Crippen LogP contribution in [0.25, 0.3) is 0 Å². The second-order valence-corrected chi connectivity index (χ2v) is 4.91. The van der Waals surface area contributed by atoms with Crippen LogP contribution in [0.2, 0.25) is 0 Å². The van der Waals surface area contributed by atoms with Crippen LogP contribution in [0.3, 0.4) is 0 Å². The van der Waals surface area contributed by atoms with Gasteiger partial charge in [0.15, 0.2) is 0 Å². The van der Waals surface area contributed by atoms with Crippen molar-refractivity contribution in [3.8, 4) is 0 Å². The molecule has 0 aromatic carbocycles. The van der Waals surface area contributed by atoms with Gasteiger partial charge in [-0.15, -0.1) is 0 Å². The summed E-state index contributed by atoms with van der Waals surface area (Å²) in [4.78, 5) is 2.63. The molecule has 15 heavy (non-hydrogen) atoms. The molecule has 0 amide bonds. The summed E-state index contributed by atoms with van der Waals surface area (Å²) in [6.07, 6.45) is 6.78. The average molecular weight is 212 g/mol. The molecule has 1 saturated heterocycles. The molecule has 2 unspecified atom stereocenters. The first-order chi connectivity index (χ1) is 7.40. The van der Waals surface area contributed by atoms with E-state index < -0.39 is 0 Å². The molecule has 0 radical (unpaired) electrons. The first kappa shape index (κ1) is 11.4. The van der Waals surface area contributed by atoms with Crippen LogP contribution in [0.15, 0.2) is 0 Å². The van der Waals surface area contributed by atoms with Crippen molar-refractivity contribution >= 4 is 0 Å². The van der Waals surface area contributed by atoms with Gasteiger partial charge in [-0.05, 0) is 31.7 Å². The van der Waals surface area contributed by atoms with Gasteiger partial charge in [-0.2, -0.15) is 0 Å². The lowest BCUT2D eigenvalue weighted by Gasteiger charge is -2.39. The van der Waals surface area contributed by atoms with Crippen LogP contribution in [-0.4, -0.2) is 43.8 Å². The standard InChI is InChI=1S/C12H24N2O/c13-5-4-11-2-1-3-12(10-11)14-6-8-15-9-7-14/h11-12H,1-10,13H2. The zero-order chi connectivity index (χ0) is 10.5. The fourth-order valence-electron chi connectivity index (χ4n) is 3.03. The summed E-state index contributed by atoms with van der Waals surface area (Å²) >= 11 is 0. The number of rotatable bonds is 3. The summed E-state index contributed by atoms with van der Waals surface area (Å²) in [5.41, 5.74) is 5.65. The third kappa shape index (κ3) is 3.16. The second kappa shape index (κ2) is 5.83. The van der Waals surface area contributed by atoms with Crippen LogP contribution in [0.5, 0.6) is 0 Å². The van der Waals surface area contributed by atoms with Gasteiger partial charge in [-0.1, -0.05) is 12.8 Å². The number of ether oxygens (including phenoxy) is 1. The van der Waals surface area contributed by atoms with E-state index in [-0.39, 0.29) is 0 Å². The number of hydrogen-bond donors (Lipinski definition) is 1. The molecule has 1 aliphatic heterocycles. The molecule has 3 heteroatoms. The van der Waals surface area contributed by atoms with Crippen molar-refractivity contribution in [2.45, 2.75) is 38.1 Å². The molecule has 88 valence electrons. The Kier molecular flexibility index (Phi) is 4.42. The molecule has 2 N–H and O–H groups in total. The summed E-state index contributed by atoms with van der Waals surface area (Å²) in [5.74, 6) is 0.886. The van der Waals surface area contributed by atoms with Gasteiger partial charge < -0.3 is 10.5 Å². The molecule has 1 saturated carbocycles. The molecule has 1 aliphatic carbocycles. The van der Waals surface area contributed by atoms with E-state index >= 15 is 0 Å². The van der Waals surface area contributed by atoms with E-state index in [4.69, 9.17) is 10.5 Å². The molecular formula is C12H24N2O. The molecule has 0 aromatic heterocycles. The van der Waals surface area contributed by atoms with Crippen molar-refractivity contribution in [1.29, 1.82) is 0 Å². The first-order valence-corrected chi connectivity index (χ1v) is 6.42. The van der Waals surface area contributed by atoms with Crippen molar-refractivity contribution in [1.82, 2.24) is 4.90 Å². The van der Waals surface area contributed by atoms with Gasteiger partial charge in [0.05, 0.1) is 13.2 Å². The molecule has 2 atom stereocenters. The third-order valence-corrected chi connectivity index (χ3v) is 3.89. The monoisotopic (exact) mass is 212 g/mol. The largest absolute Gasteiger partial charge is 0.379 e. The Labute approximate surface area is 93.0 Å². The van der Waals surface area contributed by atoms with E-state index in [0.717, 1.165) is 44.8 Å². The van der Waals surface area contributed by atoms with Crippen LogP contribution >= 0.6 is 0 Å². The molecule has 2 rings (SSSR count). The van der Waals surface area contributed by atoms with E-state index in [1.807, 2.05) is 0 Å². The molecule has 0 bridgehead atoms. The minimum Gasteiger partial charge on any atom is -0.379 e. The van der Waals surface area contributed by atoms with Gasteiger partial charge in [-0.3, -0.25) is 4.90 Å². The van der Waals surface area contributed by atoms with Crippen LogP contribution in [0.1, 0.15) is 32.1 Å². The predicted molar refractivity (Wildman–Crippen MR) is 61.8 cm³/mol. The smallest absolute Gasteiger partial charge is 0.0594 e. The predicted octanol–water partition coefficient (Wildman–Crippen LogP) is 1.23. The van der Waals surface area contributed by atoms with Crippen LogP contribution in [0.4, 0.5) is 0 Å². The molecule has 0 aromatic rings. The summed E-state index contributed by atoms with van der Waals surface area (Å²) in [6.45, 7) is 5.00. The summed E-state index contributed by atoms with van der Waals surface area (Å²) in [5, 5.41) is 0. The maximum absolute atomic E-state index is 5.65. The Hall–Kier alpha value is -0.120. The molecular weight excluding hydrogens is 188 g/mol. The average Bonchev–Trinajstić information content (AvgIpc) is 2.31. The van der Waals surface area contributed by atoms with Crippen molar-refractivity contribution in [3.05, 3.63) is 0 Å². The maximum Gasteiger partial charge on any atom is 0.0594 e. The van der Waals surface area contributed by atoms with Gasteiger partial charge in [0.1, 0.15) is 0 Å². The van der Waals surface area contributed by atoms with Crippen molar-refractivity contribution in [2.24, 2.45) is 11.7 Å².